The molecule has 1 saturated carbocycles. The molecule has 2 aliphatic rings. The maximum Gasteiger partial charge on any atom is 0.305 e. The summed E-state index contributed by atoms with van der Waals surface area (Å²) in [6.07, 6.45) is 3.78. The number of carbonyl (C=O) groups is 3. The van der Waals surface area contributed by atoms with Crippen LogP contribution in [0.15, 0.2) is 42.5 Å². The van der Waals surface area contributed by atoms with Gasteiger partial charge in [0.05, 0.1) is 36.3 Å². The minimum atomic E-state index is -1.10. The summed E-state index contributed by atoms with van der Waals surface area (Å²) in [5.74, 6) is -1.00. The van der Waals surface area contributed by atoms with Crippen molar-refractivity contribution in [1.29, 1.82) is 0 Å². The summed E-state index contributed by atoms with van der Waals surface area (Å²) in [5, 5.41) is 9.53. The topological polar surface area (TPSA) is 93.1 Å². The largest absolute Gasteiger partial charge is 0.490 e. The standard InChI is InChI=1S/C24H25NO6/c1-2-30-20-12-11-15(13-21(20)31-16-7-3-4-8-16)19(14-22(26)27)25-23(28)17-9-5-6-10-18(17)24(25)29/h5-6,9-13,16,19H,2-4,7-8,14H2,1H3,(H,26,27). The number of hydrogen-bond donors (Lipinski definition) is 1. The van der Waals surface area contributed by atoms with Gasteiger partial charge >= 0.3 is 5.97 Å². The van der Waals surface area contributed by atoms with Gasteiger partial charge in [-0.1, -0.05) is 18.2 Å². The third-order valence-electron chi connectivity index (χ3n) is 5.75. The van der Waals surface area contributed by atoms with Crippen LogP contribution < -0.4 is 9.47 Å². The van der Waals surface area contributed by atoms with Crippen molar-refractivity contribution in [3.05, 3.63) is 59.2 Å². The summed E-state index contributed by atoms with van der Waals surface area (Å²) in [4.78, 5) is 38.7. The van der Waals surface area contributed by atoms with E-state index in [4.69, 9.17) is 9.47 Å². The highest BCUT2D eigenvalue weighted by Gasteiger charge is 2.41. The van der Waals surface area contributed by atoms with Crippen LogP contribution in [0.5, 0.6) is 11.5 Å². The first kappa shape index (κ1) is 20.9. The minimum absolute atomic E-state index is 0.0756. The maximum absolute atomic E-state index is 13.0. The Kier molecular flexibility index (Phi) is 5.93. The van der Waals surface area contributed by atoms with Crippen LogP contribution in [0.25, 0.3) is 0 Å². The third-order valence-corrected chi connectivity index (χ3v) is 5.75. The molecule has 7 nitrogen and oxygen atoms in total. The lowest BCUT2D eigenvalue weighted by Gasteiger charge is -2.26. The second-order valence-corrected chi connectivity index (χ2v) is 7.80. The van der Waals surface area contributed by atoms with Gasteiger partial charge in [-0.2, -0.15) is 0 Å². The normalized spacial score (nSPS) is 17.0. The van der Waals surface area contributed by atoms with Gasteiger partial charge in [0.1, 0.15) is 0 Å². The van der Waals surface area contributed by atoms with E-state index in [9.17, 15) is 19.5 Å². The van der Waals surface area contributed by atoms with Gasteiger partial charge in [0, 0.05) is 0 Å². The lowest BCUT2D eigenvalue weighted by atomic mass is 10.0. The zero-order valence-corrected chi connectivity index (χ0v) is 17.4. The van der Waals surface area contributed by atoms with Crippen LogP contribution in [0.3, 0.4) is 0 Å². The van der Waals surface area contributed by atoms with Gasteiger partial charge in [0.25, 0.3) is 11.8 Å². The van der Waals surface area contributed by atoms with Crippen LogP contribution in [0.1, 0.15) is 71.3 Å². The molecular weight excluding hydrogens is 398 g/mol. The number of carbonyl (C=O) groups excluding carboxylic acids is 2. The van der Waals surface area contributed by atoms with E-state index in [1.54, 1.807) is 42.5 Å². The molecule has 31 heavy (non-hydrogen) atoms. The summed E-state index contributed by atoms with van der Waals surface area (Å²) >= 11 is 0. The van der Waals surface area contributed by atoms with Crippen molar-refractivity contribution in [2.24, 2.45) is 0 Å². The van der Waals surface area contributed by atoms with Crippen LogP contribution in [0.2, 0.25) is 0 Å². The van der Waals surface area contributed by atoms with Crippen molar-refractivity contribution in [2.75, 3.05) is 6.61 Å². The molecule has 2 aromatic rings. The Morgan fingerprint density at radius 1 is 1.06 bits per heavy atom. The van der Waals surface area contributed by atoms with Crippen LogP contribution in [0.4, 0.5) is 0 Å². The van der Waals surface area contributed by atoms with Gasteiger partial charge in [0.2, 0.25) is 0 Å². The number of carboxylic acids is 1. The molecule has 4 rings (SSSR count). The fourth-order valence-electron chi connectivity index (χ4n) is 4.30. The van der Waals surface area contributed by atoms with Crippen molar-refractivity contribution in [1.82, 2.24) is 4.90 Å². The average molecular weight is 423 g/mol. The molecule has 2 amide bonds. The molecule has 162 valence electrons. The van der Waals surface area contributed by atoms with Crippen LogP contribution in [0, 0.1) is 0 Å². The molecule has 7 heteroatoms. The predicted molar refractivity (Wildman–Crippen MR) is 112 cm³/mol. The molecule has 2 aromatic carbocycles. The van der Waals surface area contributed by atoms with Crippen LogP contribution in [-0.2, 0) is 4.79 Å². The van der Waals surface area contributed by atoms with Crippen molar-refractivity contribution >= 4 is 17.8 Å². The zero-order chi connectivity index (χ0) is 22.0. The van der Waals surface area contributed by atoms with E-state index in [-0.39, 0.29) is 17.2 Å². The fourth-order valence-corrected chi connectivity index (χ4v) is 4.30. The summed E-state index contributed by atoms with van der Waals surface area (Å²) in [7, 11) is 0. The summed E-state index contributed by atoms with van der Waals surface area (Å²) in [6.45, 7) is 2.33. The van der Waals surface area contributed by atoms with Gasteiger partial charge in [-0.15, -0.1) is 0 Å². The third kappa shape index (κ3) is 4.13. The number of nitrogens with zero attached hydrogens (tertiary/aromatic N) is 1. The second-order valence-electron chi connectivity index (χ2n) is 7.80. The first-order valence-corrected chi connectivity index (χ1v) is 10.6. The van der Waals surface area contributed by atoms with E-state index < -0.39 is 30.2 Å². The molecule has 0 spiro atoms. The Labute approximate surface area is 180 Å². The van der Waals surface area contributed by atoms with E-state index >= 15 is 0 Å². The molecule has 0 aromatic heterocycles. The summed E-state index contributed by atoms with van der Waals surface area (Å²) in [5.41, 5.74) is 1.10. The Morgan fingerprint density at radius 3 is 2.29 bits per heavy atom. The highest BCUT2D eigenvalue weighted by molar-refractivity contribution is 6.21. The quantitative estimate of drug-likeness (QED) is 0.639. The molecule has 1 fully saturated rings. The molecule has 1 heterocycles. The van der Waals surface area contributed by atoms with Gasteiger partial charge < -0.3 is 14.6 Å². The van der Waals surface area contributed by atoms with Gasteiger partial charge in [-0.3, -0.25) is 19.3 Å². The Balaban J connectivity index is 1.72. The highest BCUT2D eigenvalue weighted by atomic mass is 16.5. The number of carboxylic acid groups (broad SMARTS) is 1. The van der Waals surface area contributed by atoms with Crippen molar-refractivity contribution in [3.63, 3.8) is 0 Å². The van der Waals surface area contributed by atoms with Gasteiger partial charge in [-0.05, 0) is 62.4 Å². The maximum atomic E-state index is 13.0. The number of aliphatic carboxylic acids is 1. The lowest BCUT2D eigenvalue weighted by molar-refractivity contribution is -0.138. The molecular formula is C24H25NO6. The molecule has 1 aliphatic heterocycles. The predicted octanol–water partition coefficient (Wildman–Crippen LogP) is 4.22. The highest BCUT2D eigenvalue weighted by Crippen LogP contribution is 2.39. The zero-order valence-electron chi connectivity index (χ0n) is 17.4. The molecule has 1 unspecified atom stereocenters. The van der Waals surface area contributed by atoms with E-state index in [1.807, 2.05) is 6.92 Å². The second kappa shape index (κ2) is 8.79. The molecule has 1 N–H and O–H groups in total. The van der Waals surface area contributed by atoms with Crippen molar-refractivity contribution in [3.8, 4) is 11.5 Å². The lowest BCUT2D eigenvalue weighted by Crippen LogP contribution is -2.35. The molecule has 0 saturated heterocycles. The Morgan fingerprint density at radius 2 is 1.71 bits per heavy atom. The average Bonchev–Trinajstić information content (AvgIpc) is 3.35. The first-order chi connectivity index (χ1) is 15.0. The molecule has 0 radical (unpaired) electrons. The van der Waals surface area contributed by atoms with Gasteiger partial charge in [-0.25, -0.2) is 0 Å². The van der Waals surface area contributed by atoms with E-state index in [2.05, 4.69) is 0 Å². The number of imide groups is 1. The van der Waals surface area contributed by atoms with E-state index in [1.165, 1.54) is 0 Å². The van der Waals surface area contributed by atoms with Gasteiger partial charge in [0.15, 0.2) is 11.5 Å². The van der Waals surface area contributed by atoms with Crippen molar-refractivity contribution in [2.45, 2.75) is 51.2 Å². The van der Waals surface area contributed by atoms with E-state index in [0.29, 0.717) is 23.7 Å². The summed E-state index contributed by atoms with van der Waals surface area (Å²) in [6, 6.07) is 10.7. The number of hydrogen-bond acceptors (Lipinski definition) is 5. The van der Waals surface area contributed by atoms with Crippen LogP contribution in [-0.4, -0.2) is 40.5 Å². The van der Waals surface area contributed by atoms with Crippen LogP contribution >= 0.6 is 0 Å². The van der Waals surface area contributed by atoms with Crippen molar-refractivity contribution < 1.29 is 29.0 Å². The SMILES string of the molecule is CCOc1ccc(C(CC(=O)O)N2C(=O)c3ccccc3C2=O)cc1OC1CCCC1. The minimum Gasteiger partial charge on any atom is -0.490 e. The Bertz CT molecular complexity index is 976. The monoisotopic (exact) mass is 423 g/mol. The molecule has 1 atom stereocenters. The number of ether oxygens (including phenoxy) is 2. The van der Waals surface area contributed by atoms with E-state index in [0.717, 1.165) is 30.6 Å². The smallest absolute Gasteiger partial charge is 0.305 e. The fraction of sp³-hybridized carbons (Fsp3) is 0.375. The first-order valence-electron chi connectivity index (χ1n) is 10.6. The number of fused-ring (bicyclic) bond motifs is 1. The Hall–Kier alpha value is -3.35. The summed E-state index contributed by atoms with van der Waals surface area (Å²) < 4.78 is 11.9. The number of benzene rings is 2. The number of rotatable bonds is 8. The number of amides is 2. The molecule has 1 aliphatic carbocycles. The molecule has 0 bridgehead atoms.